The minimum absolute atomic E-state index is 0.0660. The average Bonchev–Trinajstić information content (AvgIpc) is 2.66. The van der Waals surface area contributed by atoms with E-state index in [1.807, 2.05) is 0 Å². The maximum Gasteiger partial charge on any atom is 0.342 e. The fourth-order valence-corrected chi connectivity index (χ4v) is 3.90. The molecule has 0 bridgehead atoms. The molecule has 0 saturated carbocycles. The van der Waals surface area contributed by atoms with Crippen LogP contribution < -0.4 is 4.72 Å². The number of halogens is 2. The van der Waals surface area contributed by atoms with Crippen LogP contribution in [-0.4, -0.2) is 37.4 Å². The number of hydrogen-bond acceptors (Lipinski definition) is 5. The highest BCUT2D eigenvalue weighted by molar-refractivity contribution is 7.88. The Hall–Kier alpha value is -1.35. The first kappa shape index (κ1) is 18.0. The SMILES string of the molecule is CC(C)C1NS(=O)(=O)N(COC(=O)c2c(Cl)cccc2Cl)C1=O. The molecule has 7 nitrogen and oxygen atoms in total. The monoisotopic (exact) mass is 380 g/mol. The van der Waals surface area contributed by atoms with Crippen molar-refractivity contribution in [2.24, 2.45) is 5.92 Å². The molecule has 0 aliphatic carbocycles. The summed E-state index contributed by atoms with van der Waals surface area (Å²) < 4.78 is 31.4. The van der Waals surface area contributed by atoms with E-state index in [-0.39, 0.29) is 21.5 Å². The van der Waals surface area contributed by atoms with Crippen molar-refractivity contribution >= 4 is 45.3 Å². The van der Waals surface area contributed by atoms with Crippen LogP contribution in [0.1, 0.15) is 24.2 Å². The first-order valence-corrected chi connectivity index (χ1v) is 8.79. The molecule has 2 rings (SSSR count). The summed E-state index contributed by atoms with van der Waals surface area (Å²) in [6.45, 7) is 2.64. The summed E-state index contributed by atoms with van der Waals surface area (Å²) in [5.74, 6) is -1.84. The Morgan fingerprint density at radius 1 is 1.35 bits per heavy atom. The zero-order valence-corrected chi connectivity index (χ0v) is 14.6. The molecular formula is C13H14Cl2N2O5S. The Morgan fingerprint density at radius 3 is 2.39 bits per heavy atom. The van der Waals surface area contributed by atoms with Gasteiger partial charge >= 0.3 is 16.2 Å². The quantitative estimate of drug-likeness (QED) is 0.803. The highest BCUT2D eigenvalue weighted by atomic mass is 35.5. The molecule has 1 aromatic carbocycles. The Morgan fingerprint density at radius 2 is 1.91 bits per heavy atom. The molecule has 1 N–H and O–H groups in total. The van der Waals surface area contributed by atoms with Crippen molar-refractivity contribution in [2.45, 2.75) is 19.9 Å². The normalized spacial score (nSPS) is 20.1. The highest BCUT2D eigenvalue weighted by Crippen LogP contribution is 2.25. The van der Waals surface area contributed by atoms with Crippen LogP contribution in [0.25, 0.3) is 0 Å². The molecule has 1 aliphatic heterocycles. The topological polar surface area (TPSA) is 92.8 Å². The Balaban J connectivity index is 2.14. The van der Waals surface area contributed by atoms with Crippen molar-refractivity contribution in [1.29, 1.82) is 0 Å². The fraction of sp³-hybridized carbons (Fsp3) is 0.385. The van der Waals surface area contributed by atoms with Gasteiger partial charge in [0.15, 0.2) is 6.73 Å². The number of esters is 1. The highest BCUT2D eigenvalue weighted by Gasteiger charge is 2.44. The Kier molecular flexibility index (Phi) is 5.20. The van der Waals surface area contributed by atoms with E-state index < -0.39 is 34.9 Å². The summed E-state index contributed by atoms with van der Waals surface area (Å²) in [5.41, 5.74) is -0.0896. The predicted octanol–water partition coefficient (Wildman–Crippen LogP) is 1.81. The number of benzene rings is 1. The number of rotatable bonds is 4. The van der Waals surface area contributed by atoms with Crippen molar-refractivity contribution in [3.05, 3.63) is 33.8 Å². The number of carbonyl (C=O) groups excluding carboxylic acids is 2. The van der Waals surface area contributed by atoms with Gasteiger partial charge in [0, 0.05) is 0 Å². The number of hydrogen-bond donors (Lipinski definition) is 1. The van der Waals surface area contributed by atoms with Crippen LogP contribution in [0.4, 0.5) is 0 Å². The Labute approximate surface area is 143 Å². The first-order chi connectivity index (χ1) is 10.6. The van der Waals surface area contributed by atoms with Crippen LogP contribution in [0.2, 0.25) is 10.0 Å². The maximum atomic E-state index is 12.1. The molecule has 1 aliphatic rings. The van der Waals surface area contributed by atoms with Crippen LogP contribution in [0.5, 0.6) is 0 Å². The van der Waals surface area contributed by atoms with Crippen molar-refractivity contribution in [3.63, 3.8) is 0 Å². The molecule has 1 fully saturated rings. The second-order valence-electron chi connectivity index (χ2n) is 5.19. The van der Waals surface area contributed by atoms with Crippen molar-refractivity contribution in [2.75, 3.05) is 6.73 Å². The molecule has 1 heterocycles. The summed E-state index contributed by atoms with van der Waals surface area (Å²) >= 11 is 11.7. The van der Waals surface area contributed by atoms with E-state index in [0.29, 0.717) is 4.31 Å². The molecule has 0 radical (unpaired) electrons. The van der Waals surface area contributed by atoms with Crippen molar-refractivity contribution in [3.8, 4) is 0 Å². The number of nitrogens with zero attached hydrogens (tertiary/aromatic N) is 1. The summed E-state index contributed by atoms with van der Waals surface area (Å²) in [4.78, 5) is 24.1. The van der Waals surface area contributed by atoms with Gasteiger partial charge in [-0.2, -0.15) is 17.4 Å². The summed E-state index contributed by atoms with van der Waals surface area (Å²) in [6.07, 6.45) is 0. The minimum atomic E-state index is -4.04. The molecular weight excluding hydrogens is 367 g/mol. The lowest BCUT2D eigenvalue weighted by atomic mass is 10.1. The van der Waals surface area contributed by atoms with Crippen LogP contribution in [0, 0.1) is 5.92 Å². The lowest BCUT2D eigenvalue weighted by Crippen LogP contribution is -2.36. The molecule has 1 aromatic rings. The van der Waals surface area contributed by atoms with E-state index in [1.165, 1.54) is 12.1 Å². The molecule has 126 valence electrons. The number of ether oxygens (including phenoxy) is 1. The minimum Gasteiger partial charge on any atom is -0.439 e. The second-order valence-corrected chi connectivity index (χ2v) is 7.63. The van der Waals surface area contributed by atoms with E-state index in [1.54, 1.807) is 19.9 Å². The second kappa shape index (κ2) is 6.64. The third kappa shape index (κ3) is 3.60. The van der Waals surface area contributed by atoms with Gasteiger partial charge < -0.3 is 4.74 Å². The molecule has 0 spiro atoms. The summed E-state index contributed by atoms with van der Waals surface area (Å²) in [5, 5.41) is 0.132. The summed E-state index contributed by atoms with van der Waals surface area (Å²) in [6, 6.07) is 3.55. The third-order valence-electron chi connectivity index (χ3n) is 3.22. The van der Waals surface area contributed by atoms with Gasteiger partial charge in [-0.25, -0.2) is 4.79 Å². The van der Waals surface area contributed by atoms with Gasteiger partial charge in [0.1, 0.15) is 6.04 Å². The van der Waals surface area contributed by atoms with Gasteiger partial charge in [-0.3, -0.25) is 4.79 Å². The molecule has 1 saturated heterocycles. The lowest BCUT2D eigenvalue weighted by Gasteiger charge is -2.15. The standard InChI is InChI=1S/C13H14Cl2N2O5S/c1-7(2)11-12(18)17(23(20,21)16-11)6-22-13(19)10-8(14)4-3-5-9(10)15/h3-5,7,11,16H,6H2,1-2H3. The largest absolute Gasteiger partial charge is 0.439 e. The van der Waals surface area contributed by atoms with E-state index in [0.717, 1.165) is 0 Å². The van der Waals surface area contributed by atoms with Crippen LogP contribution >= 0.6 is 23.2 Å². The van der Waals surface area contributed by atoms with E-state index in [4.69, 9.17) is 27.9 Å². The Bertz CT molecular complexity index is 730. The molecule has 1 amide bonds. The van der Waals surface area contributed by atoms with Gasteiger partial charge in [-0.15, -0.1) is 0 Å². The maximum absolute atomic E-state index is 12.1. The first-order valence-electron chi connectivity index (χ1n) is 6.60. The number of carbonyl (C=O) groups is 2. The van der Waals surface area contributed by atoms with Gasteiger partial charge in [0.2, 0.25) is 0 Å². The van der Waals surface area contributed by atoms with E-state index >= 15 is 0 Å². The van der Waals surface area contributed by atoms with Crippen LogP contribution in [0.15, 0.2) is 18.2 Å². The molecule has 23 heavy (non-hydrogen) atoms. The average molecular weight is 381 g/mol. The molecule has 1 unspecified atom stereocenters. The molecule has 0 aromatic heterocycles. The van der Waals surface area contributed by atoms with Gasteiger partial charge in [-0.1, -0.05) is 43.1 Å². The fourth-order valence-electron chi connectivity index (χ4n) is 1.98. The summed E-state index contributed by atoms with van der Waals surface area (Å²) in [7, 11) is -4.04. The number of amides is 1. The van der Waals surface area contributed by atoms with Gasteiger partial charge in [0.05, 0.1) is 15.6 Å². The van der Waals surface area contributed by atoms with Gasteiger partial charge in [0.25, 0.3) is 5.91 Å². The van der Waals surface area contributed by atoms with E-state index in [9.17, 15) is 18.0 Å². The van der Waals surface area contributed by atoms with E-state index in [2.05, 4.69) is 4.72 Å². The lowest BCUT2D eigenvalue weighted by molar-refractivity contribution is -0.129. The zero-order chi connectivity index (χ0) is 17.4. The van der Waals surface area contributed by atoms with Crippen molar-refractivity contribution < 1.29 is 22.7 Å². The molecule has 10 heteroatoms. The predicted molar refractivity (Wildman–Crippen MR) is 84.3 cm³/mol. The molecule has 1 atom stereocenters. The zero-order valence-electron chi connectivity index (χ0n) is 12.2. The number of nitrogens with one attached hydrogen (secondary N) is 1. The van der Waals surface area contributed by atoms with Crippen LogP contribution in [-0.2, 0) is 19.7 Å². The van der Waals surface area contributed by atoms with Crippen LogP contribution in [0.3, 0.4) is 0 Å². The third-order valence-corrected chi connectivity index (χ3v) is 5.27. The van der Waals surface area contributed by atoms with Gasteiger partial charge in [-0.05, 0) is 18.1 Å². The smallest absolute Gasteiger partial charge is 0.342 e. The van der Waals surface area contributed by atoms with Crippen molar-refractivity contribution in [1.82, 2.24) is 9.03 Å².